The molecule has 0 saturated heterocycles. The molecule has 0 spiro atoms. The van der Waals surface area contributed by atoms with Crippen LogP contribution in [0.5, 0.6) is 0 Å². The van der Waals surface area contributed by atoms with E-state index >= 15 is 0 Å². The molecule has 3 aromatic carbocycles. The van der Waals surface area contributed by atoms with Crippen LogP contribution >= 0.6 is 0 Å². The van der Waals surface area contributed by atoms with Crippen LogP contribution in [-0.2, 0) is 7.05 Å². The number of benzene rings is 3. The summed E-state index contributed by atoms with van der Waals surface area (Å²) in [7, 11) is 6.43. The van der Waals surface area contributed by atoms with Crippen LogP contribution < -0.4 is 19.7 Å². The molecule has 5 heteroatoms. The van der Waals surface area contributed by atoms with Crippen molar-refractivity contribution in [2.75, 3.05) is 23.7 Å². The first-order valence-electron chi connectivity index (χ1n) is 9.92. The smallest absolute Gasteiger partial charge is 0.380 e. The zero-order valence-corrected chi connectivity index (χ0v) is 17.0. The lowest BCUT2D eigenvalue weighted by Crippen LogP contribution is -2.61. The van der Waals surface area contributed by atoms with Crippen molar-refractivity contribution in [2.45, 2.75) is 0 Å². The number of rotatable bonds is 2. The third-order valence-electron chi connectivity index (χ3n) is 5.97. The van der Waals surface area contributed by atoms with Gasteiger partial charge in [-0.1, -0.05) is 66.7 Å². The minimum atomic E-state index is 0.0442. The Morgan fingerprint density at radius 1 is 0.828 bits per heavy atom. The van der Waals surface area contributed by atoms with Gasteiger partial charge in [-0.3, -0.25) is 4.98 Å². The van der Waals surface area contributed by atoms with Gasteiger partial charge in [0.2, 0.25) is 5.82 Å². The maximum atomic E-state index is 3.22. The van der Waals surface area contributed by atoms with E-state index in [9.17, 15) is 0 Å². The molecule has 0 aliphatic carbocycles. The molecule has 0 bridgehead atoms. The first-order valence-corrected chi connectivity index (χ1v) is 9.92. The van der Waals surface area contributed by atoms with Crippen molar-refractivity contribution in [1.29, 1.82) is 0 Å². The van der Waals surface area contributed by atoms with Crippen molar-refractivity contribution < 1.29 is 4.57 Å². The molecule has 0 atom stereocenters. The number of aromatic amines is 1. The van der Waals surface area contributed by atoms with Crippen molar-refractivity contribution in [3.8, 4) is 22.3 Å². The predicted octanol–water partition coefficient (Wildman–Crippen LogP) is 3.45. The molecule has 5 rings (SSSR count). The molecule has 0 radical (unpaired) electrons. The largest absolute Gasteiger partial charge is 0.492 e. The van der Waals surface area contributed by atoms with Gasteiger partial charge in [-0.05, 0) is 35.3 Å². The van der Waals surface area contributed by atoms with Crippen LogP contribution in [0.2, 0.25) is 0 Å². The van der Waals surface area contributed by atoms with E-state index in [1.165, 1.54) is 33.4 Å². The van der Waals surface area contributed by atoms with E-state index in [0.29, 0.717) is 0 Å². The highest BCUT2D eigenvalue weighted by atomic mass is 15.3. The summed E-state index contributed by atoms with van der Waals surface area (Å²) in [5.41, 5.74) is 7.61. The third kappa shape index (κ3) is 2.73. The van der Waals surface area contributed by atoms with Gasteiger partial charge in [0.15, 0.2) is 6.33 Å². The number of hydrogen-bond donors (Lipinski definition) is 1. The molecule has 1 aromatic heterocycles. The van der Waals surface area contributed by atoms with Crippen LogP contribution in [0.15, 0.2) is 85.3 Å². The minimum Gasteiger partial charge on any atom is -0.380 e. The maximum absolute atomic E-state index is 3.22. The van der Waals surface area contributed by atoms with E-state index in [0.717, 1.165) is 5.82 Å². The van der Waals surface area contributed by atoms with E-state index < -0.39 is 0 Å². The van der Waals surface area contributed by atoms with Gasteiger partial charge in [0, 0.05) is 18.3 Å². The molecule has 0 unspecified atom stereocenters. The number of imidazole rings is 1. The highest BCUT2D eigenvalue weighted by Crippen LogP contribution is 2.39. The second-order valence-electron chi connectivity index (χ2n) is 7.65. The van der Waals surface area contributed by atoms with Gasteiger partial charge >= 0.3 is 6.98 Å². The van der Waals surface area contributed by atoms with E-state index in [4.69, 9.17) is 0 Å². The Labute approximate surface area is 172 Å². The molecule has 0 fully saturated rings. The summed E-state index contributed by atoms with van der Waals surface area (Å²) in [5.74, 6) is 1.13. The Bertz CT molecular complexity index is 1180. The molecule has 4 nitrogen and oxygen atoms in total. The number of hydrogen-bond acceptors (Lipinski definition) is 2. The molecule has 29 heavy (non-hydrogen) atoms. The van der Waals surface area contributed by atoms with Crippen LogP contribution in [0, 0.1) is 0 Å². The number of H-pyrrole nitrogens is 1. The molecule has 4 aromatic rings. The molecular weight excluding hydrogens is 355 g/mol. The number of anilines is 2. The topological polar surface area (TPSA) is 26.1 Å². The van der Waals surface area contributed by atoms with Crippen molar-refractivity contribution in [1.82, 2.24) is 4.98 Å². The van der Waals surface area contributed by atoms with Gasteiger partial charge in [0.05, 0.1) is 7.05 Å². The van der Waals surface area contributed by atoms with E-state index in [2.05, 4.69) is 119 Å². The van der Waals surface area contributed by atoms with Gasteiger partial charge in [0.1, 0.15) is 6.20 Å². The van der Waals surface area contributed by atoms with E-state index in [1.807, 2.05) is 6.33 Å². The van der Waals surface area contributed by atoms with Crippen molar-refractivity contribution >= 4 is 24.0 Å². The quantitative estimate of drug-likeness (QED) is 0.427. The number of para-hydroxylation sites is 1. The number of aromatic nitrogens is 2. The predicted molar refractivity (Wildman–Crippen MR) is 121 cm³/mol. The molecule has 2 heterocycles. The summed E-state index contributed by atoms with van der Waals surface area (Å²) in [6.45, 7) is 0.0442. The van der Waals surface area contributed by atoms with Gasteiger partial charge in [0.25, 0.3) is 0 Å². The molecule has 0 saturated carbocycles. The number of aryl methyl sites for hydroxylation is 1. The number of nitrogens with zero attached hydrogens (tertiary/aromatic N) is 3. The summed E-state index contributed by atoms with van der Waals surface area (Å²) in [5, 5.41) is 0. The highest BCUT2D eigenvalue weighted by molar-refractivity contribution is 6.81. The Kier molecular flexibility index (Phi) is 4.16. The number of fused-ring (bicyclic) bond motifs is 5. The SMILES string of the molecule is CN1B(N(C)c2c[nH]c[n+]2C)c2ccccc2-c2ccccc2-c2ccccc21. The van der Waals surface area contributed by atoms with Gasteiger partial charge in [-0.2, -0.15) is 0 Å². The maximum Gasteiger partial charge on any atom is 0.492 e. The summed E-state index contributed by atoms with van der Waals surface area (Å²) in [6, 6.07) is 26.2. The van der Waals surface area contributed by atoms with Gasteiger partial charge < -0.3 is 9.62 Å². The zero-order valence-electron chi connectivity index (χ0n) is 17.0. The monoisotopic (exact) mass is 379 g/mol. The summed E-state index contributed by atoms with van der Waals surface area (Å²) >= 11 is 0. The first kappa shape index (κ1) is 17.6. The van der Waals surface area contributed by atoms with Crippen LogP contribution in [0.25, 0.3) is 22.3 Å². The fraction of sp³-hybridized carbons (Fsp3) is 0.125. The van der Waals surface area contributed by atoms with Crippen molar-refractivity contribution in [3.05, 3.63) is 85.3 Å². The standard InChI is InChI=1S/C24H23BN4/c1-27-17-26-16-24(27)29(3)25-22-14-8-6-12-20(22)18-10-4-5-11-19(18)21-13-7-9-15-23(21)28(25)2/h4-17H,1-3H3/p+1. The van der Waals surface area contributed by atoms with Crippen LogP contribution in [0.3, 0.4) is 0 Å². The fourth-order valence-corrected chi connectivity index (χ4v) is 4.61. The van der Waals surface area contributed by atoms with Gasteiger partial charge in [-0.25, -0.2) is 4.57 Å². The Morgan fingerprint density at radius 2 is 1.41 bits per heavy atom. The third-order valence-corrected chi connectivity index (χ3v) is 5.97. The first-order chi connectivity index (χ1) is 14.2. The minimum absolute atomic E-state index is 0.0442. The molecule has 1 aliphatic rings. The van der Waals surface area contributed by atoms with E-state index in [-0.39, 0.29) is 6.98 Å². The van der Waals surface area contributed by atoms with Crippen LogP contribution in [0.4, 0.5) is 11.5 Å². The molecular formula is C24H24BN4+. The van der Waals surface area contributed by atoms with E-state index in [1.54, 1.807) is 0 Å². The molecule has 0 amide bonds. The molecule has 142 valence electrons. The highest BCUT2D eigenvalue weighted by Gasteiger charge is 2.39. The lowest BCUT2D eigenvalue weighted by molar-refractivity contribution is -0.657. The number of nitrogens with one attached hydrogen (secondary N) is 1. The average Bonchev–Trinajstić information content (AvgIpc) is 3.19. The normalized spacial score (nSPS) is 12.5. The molecule has 1 N–H and O–H groups in total. The molecule has 1 aliphatic heterocycles. The summed E-state index contributed by atoms with van der Waals surface area (Å²) < 4.78 is 2.12. The second kappa shape index (κ2) is 6.85. The van der Waals surface area contributed by atoms with Crippen molar-refractivity contribution in [2.24, 2.45) is 7.05 Å². The summed E-state index contributed by atoms with van der Waals surface area (Å²) in [4.78, 5) is 7.94. The van der Waals surface area contributed by atoms with Crippen molar-refractivity contribution in [3.63, 3.8) is 0 Å². The Hall–Kier alpha value is -3.47. The fourth-order valence-electron chi connectivity index (χ4n) is 4.61. The van der Waals surface area contributed by atoms with Crippen LogP contribution in [-0.4, -0.2) is 26.1 Å². The van der Waals surface area contributed by atoms with Crippen LogP contribution in [0.1, 0.15) is 0 Å². The van der Waals surface area contributed by atoms with Gasteiger partial charge in [-0.15, -0.1) is 0 Å². The summed E-state index contributed by atoms with van der Waals surface area (Å²) in [6.07, 6.45) is 4.03. The second-order valence-corrected chi connectivity index (χ2v) is 7.65. The average molecular weight is 379 g/mol. The zero-order chi connectivity index (χ0) is 20.0. The lowest BCUT2D eigenvalue weighted by atomic mass is 9.60. The Morgan fingerprint density at radius 3 is 2.10 bits per heavy atom. The lowest BCUT2D eigenvalue weighted by Gasteiger charge is -2.35. The Balaban J connectivity index is 1.83.